The second kappa shape index (κ2) is 10.5. The smallest absolute Gasteiger partial charge is 0.119 e. The number of nitrogens with one attached hydrogen (secondary N) is 1. The quantitative estimate of drug-likeness (QED) is 0.479. The standard InChI is InChI=1S/C21H26N2OS/c1-3-15-23-20-13-6-4-9-17(20)10-5-7-14-21(22)25-19-12-8-11-18(16-19)24-2/h4-9,11-14,16,23H,3,10,15,22H2,1-2H3/b7-5-,21-14+. The van der Waals surface area contributed by atoms with Crippen molar-refractivity contribution in [3.05, 3.63) is 77.4 Å². The van der Waals surface area contributed by atoms with Crippen LogP contribution in [0.3, 0.4) is 0 Å². The van der Waals surface area contributed by atoms with Crippen molar-refractivity contribution in [2.75, 3.05) is 19.0 Å². The lowest BCUT2D eigenvalue weighted by molar-refractivity contribution is 0.413. The fourth-order valence-corrected chi connectivity index (χ4v) is 3.06. The Morgan fingerprint density at radius 3 is 2.84 bits per heavy atom. The van der Waals surface area contributed by atoms with Gasteiger partial charge in [-0.15, -0.1) is 0 Å². The molecular formula is C21H26N2OS. The number of nitrogens with two attached hydrogens (primary N) is 1. The summed E-state index contributed by atoms with van der Waals surface area (Å²) >= 11 is 1.53. The lowest BCUT2D eigenvalue weighted by Gasteiger charge is -2.09. The molecule has 0 aliphatic heterocycles. The SMILES string of the molecule is CCCNc1ccccc1C/C=C\C=C(/N)Sc1cccc(OC)c1. The van der Waals surface area contributed by atoms with E-state index in [9.17, 15) is 0 Å². The third-order valence-electron chi connectivity index (χ3n) is 3.59. The number of benzene rings is 2. The van der Waals surface area contributed by atoms with E-state index in [4.69, 9.17) is 10.5 Å². The number of thioether (sulfide) groups is 1. The summed E-state index contributed by atoms with van der Waals surface area (Å²) in [5.74, 6) is 0.838. The lowest BCUT2D eigenvalue weighted by atomic mass is 10.1. The first-order valence-corrected chi connectivity index (χ1v) is 9.30. The van der Waals surface area contributed by atoms with Crippen LogP contribution in [0.25, 0.3) is 0 Å². The third-order valence-corrected chi connectivity index (χ3v) is 4.46. The van der Waals surface area contributed by atoms with Gasteiger partial charge in [0.05, 0.1) is 12.1 Å². The van der Waals surface area contributed by atoms with Crippen molar-refractivity contribution in [2.45, 2.75) is 24.7 Å². The Labute approximate surface area is 155 Å². The highest BCUT2D eigenvalue weighted by Crippen LogP contribution is 2.26. The molecule has 0 bridgehead atoms. The Bertz CT molecular complexity index is 725. The number of hydrogen-bond donors (Lipinski definition) is 2. The average molecular weight is 355 g/mol. The third kappa shape index (κ3) is 6.59. The summed E-state index contributed by atoms with van der Waals surface area (Å²) in [6.07, 6.45) is 8.07. The number of methoxy groups -OCH3 is 1. The van der Waals surface area contributed by atoms with Gasteiger partial charge in [0.25, 0.3) is 0 Å². The molecule has 25 heavy (non-hydrogen) atoms. The van der Waals surface area contributed by atoms with Crippen molar-refractivity contribution in [3.8, 4) is 5.75 Å². The monoisotopic (exact) mass is 354 g/mol. The maximum absolute atomic E-state index is 6.09. The van der Waals surface area contributed by atoms with Crippen LogP contribution in [0.1, 0.15) is 18.9 Å². The summed E-state index contributed by atoms with van der Waals surface area (Å²) in [6, 6.07) is 16.3. The van der Waals surface area contributed by atoms with Gasteiger partial charge >= 0.3 is 0 Å². The summed E-state index contributed by atoms with van der Waals surface area (Å²) in [4.78, 5) is 1.07. The van der Waals surface area contributed by atoms with Crippen LogP contribution in [0.5, 0.6) is 5.75 Å². The van der Waals surface area contributed by atoms with Gasteiger partial charge in [-0.05, 0) is 48.7 Å². The summed E-state index contributed by atoms with van der Waals surface area (Å²) < 4.78 is 5.23. The van der Waals surface area contributed by atoms with Crippen molar-refractivity contribution < 1.29 is 4.74 Å². The summed E-state index contributed by atoms with van der Waals surface area (Å²) in [5.41, 5.74) is 8.59. The number of hydrogen-bond acceptors (Lipinski definition) is 4. The minimum atomic E-state index is 0.752. The van der Waals surface area contributed by atoms with Crippen LogP contribution in [0.2, 0.25) is 0 Å². The van der Waals surface area contributed by atoms with E-state index in [1.807, 2.05) is 36.4 Å². The van der Waals surface area contributed by atoms with Gasteiger partial charge in [0.1, 0.15) is 5.75 Å². The molecule has 0 saturated heterocycles. The van der Waals surface area contributed by atoms with E-state index in [0.717, 1.165) is 35.1 Å². The Morgan fingerprint density at radius 2 is 2.04 bits per heavy atom. The predicted molar refractivity (Wildman–Crippen MR) is 109 cm³/mol. The molecule has 0 amide bonds. The zero-order chi connectivity index (χ0) is 17.9. The van der Waals surface area contributed by atoms with E-state index in [1.54, 1.807) is 7.11 Å². The normalized spacial score (nSPS) is 11.7. The van der Waals surface area contributed by atoms with Crippen LogP contribution in [0, 0.1) is 0 Å². The summed E-state index contributed by atoms with van der Waals surface area (Å²) in [7, 11) is 1.67. The Balaban J connectivity index is 1.92. The molecule has 3 nitrogen and oxygen atoms in total. The molecule has 3 N–H and O–H groups in total. The molecule has 0 radical (unpaired) electrons. The van der Waals surface area contributed by atoms with E-state index in [-0.39, 0.29) is 0 Å². The van der Waals surface area contributed by atoms with Crippen LogP contribution in [0.15, 0.2) is 76.7 Å². The minimum Gasteiger partial charge on any atom is -0.497 e. The van der Waals surface area contributed by atoms with Crippen molar-refractivity contribution in [3.63, 3.8) is 0 Å². The van der Waals surface area contributed by atoms with Gasteiger partial charge in [-0.1, -0.05) is 55.1 Å². The Kier molecular flexibility index (Phi) is 7.99. The summed E-state index contributed by atoms with van der Waals surface area (Å²) in [5, 5.41) is 4.22. The van der Waals surface area contributed by atoms with Crippen LogP contribution >= 0.6 is 11.8 Å². The van der Waals surface area contributed by atoms with E-state index in [1.165, 1.54) is 23.0 Å². The topological polar surface area (TPSA) is 47.3 Å². The van der Waals surface area contributed by atoms with Gasteiger partial charge in [0.15, 0.2) is 0 Å². The van der Waals surface area contributed by atoms with E-state index >= 15 is 0 Å². The Hall–Kier alpha value is -2.33. The highest BCUT2D eigenvalue weighted by molar-refractivity contribution is 8.03. The minimum absolute atomic E-state index is 0.752. The van der Waals surface area contributed by atoms with Gasteiger partial charge in [-0.2, -0.15) is 0 Å². The van der Waals surface area contributed by atoms with Crippen molar-refractivity contribution in [1.29, 1.82) is 0 Å². The van der Waals surface area contributed by atoms with Gasteiger partial charge in [0.2, 0.25) is 0 Å². The van der Waals surface area contributed by atoms with Crippen molar-refractivity contribution >= 4 is 17.4 Å². The predicted octanol–water partition coefficient (Wildman–Crippen LogP) is 5.21. The second-order valence-corrected chi connectivity index (χ2v) is 6.71. The van der Waals surface area contributed by atoms with E-state index in [0.29, 0.717) is 0 Å². The molecule has 0 spiro atoms. The number of anilines is 1. The fraction of sp³-hybridized carbons (Fsp3) is 0.238. The number of ether oxygens (including phenoxy) is 1. The largest absolute Gasteiger partial charge is 0.497 e. The fourth-order valence-electron chi connectivity index (χ4n) is 2.32. The van der Waals surface area contributed by atoms with Gasteiger partial charge in [0, 0.05) is 17.1 Å². The second-order valence-electron chi connectivity index (χ2n) is 5.57. The van der Waals surface area contributed by atoms with Gasteiger partial charge < -0.3 is 15.8 Å². The molecule has 0 aliphatic rings. The maximum atomic E-state index is 6.09. The lowest BCUT2D eigenvalue weighted by Crippen LogP contribution is -2.02. The number of rotatable bonds is 9. The molecule has 0 aromatic heterocycles. The van der Waals surface area contributed by atoms with Crippen molar-refractivity contribution in [1.82, 2.24) is 0 Å². The molecular weight excluding hydrogens is 328 g/mol. The van der Waals surface area contributed by atoms with Crippen LogP contribution in [-0.4, -0.2) is 13.7 Å². The van der Waals surface area contributed by atoms with Crippen LogP contribution in [0.4, 0.5) is 5.69 Å². The highest BCUT2D eigenvalue weighted by Gasteiger charge is 1.99. The molecule has 0 saturated carbocycles. The molecule has 0 atom stereocenters. The molecule has 2 rings (SSSR count). The zero-order valence-electron chi connectivity index (χ0n) is 14.9. The average Bonchev–Trinajstić information content (AvgIpc) is 2.64. The highest BCUT2D eigenvalue weighted by atomic mass is 32.2. The van der Waals surface area contributed by atoms with Gasteiger partial charge in [-0.3, -0.25) is 0 Å². The summed E-state index contributed by atoms with van der Waals surface area (Å²) in [6.45, 7) is 3.16. The first-order chi connectivity index (χ1) is 12.2. The van der Waals surface area contributed by atoms with Gasteiger partial charge in [-0.25, -0.2) is 0 Å². The first-order valence-electron chi connectivity index (χ1n) is 8.49. The maximum Gasteiger partial charge on any atom is 0.119 e. The molecule has 2 aromatic rings. The van der Waals surface area contributed by atoms with Crippen LogP contribution < -0.4 is 15.8 Å². The molecule has 0 unspecified atom stereocenters. The number of para-hydroxylation sites is 1. The molecule has 0 aliphatic carbocycles. The molecule has 0 heterocycles. The Morgan fingerprint density at radius 1 is 1.20 bits per heavy atom. The zero-order valence-corrected chi connectivity index (χ0v) is 15.7. The molecule has 4 heteroatoms. The van der Waals surface area contributed by atoms with E-state index < -0.39 is 0 Å². The van der Waals surface area contributed by atoms with E-state index in [2.05, 4.69) is 42.6 Å². The molecule has 2 aromatic carbocycles. The molecule has 0 fully saturated rings. The number of allylic oxidation sites excluding steroid dienone is 3. The molecule has 132 valence electrons. The van der Waals surface area contributed by atoms with Crippen LogP contribution in [-0.2, 0) is 6.42 Å². The van der Waals surface area contributed by atoms with Crippen molar-refractivity contribution in [2.24, 2.45) is 5.73 Å². The first kappa shape index (κ1) is 19.0.